The Labute approximate surface area is 108 Å². The van der Waals surface area contributed by atoms with E-state index >= 15 is 0 Å². The van der Waals surface area contributed by atoms with Gasteiger partial charge < -0.3 is 10.0 Å². The van der Waals surface area contributed by atoms with Gasteiger partial charge in [-0.15, -0.1) is 0 Å². The zero-order valence-corrected chi connectivity index (χ0v) is 10.8. The fraction of sp³-hybridized carbons (Fsp3) is 0.571. The Balaban J connectivity index is 2.01. The van der Waals surface area contributed by atoms with Crippen LogP contribution in [0.2, 0.25) is 0 Å². The Morgan fingerprint density at radius 3 is 2.78 bits per heavy atom. The maximum Gasteiger partial charge on any atom is 0.354 e. The Morgan fingerprint density at radius 1 is 1.44 bits per heavy atom. The first kappa shape index (κ1) is 12.9. The highest BCUT2D eigenvalue weighted by molar-refractivity contribution is 5.85. The Morgan fingerprint density at radius 2 is 2.17 bits per heavy atom. The minimum absolute atomic E-state index is 0.128. The highest BCUT2D eigenvalue weighted by atomic mass is 16.4. The predicted molar refractivity (Wildman–Crippen MR) is 71.0 cm³/mol. The molecular formula is C14H20N2O2. The molecule has 0 saturated carbocycles. The minimum Gasteiger partial charge on any atom is -0.477 e. The number of carboxylic acid groups (broad SMARTS) is 1. The Kier molecular flexibility index (Phi) is 4.18. The molecule has 0 atom stereocenters. The van der Waals surface area contributed by atoms with E-state index in [2.05, 4.69) is 16.8 Å². The molecule has 1 aromatic rings. The zero-order valence-electron chi connectivity index (χ0n) is 10.8. The lowest BCUT2D eigenvalue weighted by atomic mass is 9.92. The topological polar surface area (TPSA) is 53.4 Å². The van der Waals surface area contributed by atoms with Crippen molar-refractivity contribution < 1.29 is 9.90 Å². The summed E-state index contributed by atoms with van der Waals surface area (Å²) in [5.74, 6) is 0.663. The average molecular weight is 248 g/mol. The molecule has 0 spiro atoms. The number of rotatable bonds is 4. The van der Waals surface area contributed by atoms with Gasteiger partial charge in [0.1, 0.15) is 5.82 Å². The van der Waals surface area contributed by atoms with E-state index in [0.29, 0.717) is 0 Å². The molecule has 1 aromatic heterocycles. The second kappa shape index (κ2) is 5.85. The van der Waals surface area contributed by atoms with E-state index in [1.165, 1.54) is 31.7 Å². The summed E-state index contributed by atoms with van der Waals surface area (Å²) in [5, 5.41) is 8.94. The summed E-state index contributed by atoms with van der Waals surface area (Å²) in [7, 11) is 0. The van der Waals surface area contributed by atoms with Crippen molar-refractivity contribution in [3.05, 3.63) is 23.9 Å². The van der Waals surface area contributed by atoms with E-state index in [4.69, 9.17) is 5.11 Å². The summed E-state index contributed by atoms with van der Waals surface area (Å²) in [6.07, 6.45) is 4.92. The van der Waals surface area contributed by atoms with Crippen LogP contribution in [0.4, 0.5) is 5.82 Å². The van der Waals surface area contributed by atoms with Gasteiger partial charge in [-0.2, -0.15) is 0 Å². The molecule has 1 aliphatic heterocycles. The maximum absolute atomic E-state index is 10.9. The average Bonchev–Trinajstić information content (AvgIpc) is 2.40. The number of nitrogens with zero attached hydrogens (tertiary/aromatic N) is 2. The summed E-state index contributed by atoms with van der Waals surface area (Å²) in [6.45, 7) is 4.20. The summed E-state index contributed by atoms with van der Waals surface area (Å²) >= 11 is 0. The molecule has 4 nitrogen and oxygen atoms in total. The minimum atomic E-state index is -0.960. The quantitative estimate of drug-likeness (QED) is 0.890. The van der Waals surface area contributed by atoms with Crippen molar-refractivity contribution in [3.63, 3.8) is 0 Å². The van der Waals surface area contributed by atoms with Crippen LogP contribution in [0.3, 0.4) is 0 Å². The number of piperidine rings is 1. The number of aromatic nitrogens is 1. The number of anilines is 1. The van der Waals surface area contributed by atoms with E-state index in [1.54, 1.807) is 6.07 Å². The number of hydrogen-bond acceptors (Lipinski definition) is 3. The molecule has 1 fully saturated rings. The summed E-state index contributed by atoms with van der Waals surface area (Å²) < 4.78 is 0. The van der Waals surface area contributed by atoms with Gasteiger partial charge in [-0.25, -0.2) is 9.78 Å². The summed E-state index contributed by atoms with van der Waals surface area (Å²) in [4.78, 5) is 17.3. The molecule has 0 bridgehead atoms. The SMILES string of the molecule is CCCC1CCN(c2cccc(C(=O)O)n2)CC1. The van der Waals surface area contributed by atoms with E-state index in [1.807, 2.05) is 6.07 Å². The van der Waals surface area contributed by atoms with Gasteiger partial charge in [-0.05, 0) is 30.9 Å². The van der Waals surface area contributed by atoms with Gasteiger partial charge in [-0.3, -0.25) is 0 Å². The van der Waals surface area contributed by atoms with Gasteiger partial charge in [0.25, 0.3) is 0 Å². The van der Waals surface area contributed by atoms with Gasteiger partial charge >= 0.3 is 5.97 Å². The highest BCUT2D eigenvalue weighted by Crippen LogP contribution is 2.24. The zero-order chi connectivity index (χ0) is 13.0. The lowest BCUT2D eigenvalue weighted by molar-refractivity contribution is 0.0690. The van der Waals surface area contributed by atoms with Crippen molar-refractivity contribution in [1.82, 2.24) is 4.98 Å². The van der Waals surface area contributed by atoms with Gasteiger partial charge in [0.2, 0.25) is 0 Å². The van der Waals surface area contributed by atoms with Crippen LogP contribution >= 0.6 is 0 Å². The van der Waals surface area contributed by atoms with Crippen LogP contribution in [0, 0.1) is 5.92 Å². The first-order valence-corrected chi connectivity index (χ1v) is 6.66. The number of pyridine rings is 1. The van der Waals surface area contributed by atoms with E-state index in [0.717, 1.165) is 24.8 Å². The molecule has 0 radical (unpaired) electrons. The molecule has 2 heterocycles. The van der Waals surface area contributed by atoms with Crippen LogP contribution in [0.5, 0.6) is 0 Å². The molecule has 1 saturated heterocycles. The Hall–Kier alpha value is -1.58. The van der Waals surface area contributed by atoms with E-state index in [-0.39, 0.29) is 5.69 Å². The van der Waals surface area contributed by atoms with Gasteiger partial charge in [0.15, 0.2) is 5.69 Å². The van der Waals surface area contributed by atoms with Crippen molar-refractivity contribution in [3.8, 4) is 0 Å². The fourth-order valence-electron chi connectivity index (χ4n) is 2.58. The van der Waals surface area contributed by atoms with Gasteiger partial charge in [0, 0.05) is 13.1 Å². The number of hydrogen-bond donors (Lipinski definition) is 1. The van der Waals surface area contributed by atoms with Crippen LogP contribution in [-0.2, 0) is 0 Å². The molecule has 18 heavy (non-hydrogen) atoms. The molecule has 98 valence electrons. The van der Waals surface area contributed by atoms with Crippen LogP contribution in [0.15, 0.2) is 18.2 Å². The molecular weight excluding hydrogens is 228 g/mol. The normalized spacial score (nSPS) is 16.8. The number of carbonyl (C=O) groups is 1. The predicted octanol–water partition coefficient (Wildman–Crippen LogP) is 2.80. The van der Waals surface area contributed by atoms with Crippen molar-refractivity contribution in [2.75, 3.05) is 18.0 Å². The monoisotopic (exact) mass is 248 g/mol. The summed E-state index contributed by atoms with van der Waals surface area (Å²) in [5.41, 5.74) is 0.128. The third-order valence-corrected chi connectivity index (χ3v) is 3.59. The van der Waals surface area contributed by atoms with Crippen LogP contribution < -0.4 is 4.90 Å². The third kappa shape index (κ3) is 3.00. The van der Waals surface area contributed by atoms with E-state index < -0.39 is 5.97 Å². The largest absolute Gasteiger partial charge is 0.477 e. The lowest BCUT2D eigenvalue weighted by Gasteiger charge is -2.32. The maximum atomic E-state index is 10.9. The number of carboxylic acids is 1. The smallest absolute Gasteiger partial charge is 0.354 e. The van der Waals surface area contributed by atoms with Crippen molar-refractivity contribution in [2.45, 2.75) is 32.6 Å². The van der Waals surface area contributed by atoms with Crippen molar-refractivity contribution >= 4 is 11.8 Å². The second-order valence-electron chi connectivity index (χ2n) is 4.91. The summed E-state index contributed by atoms with van der Waals surface area (Å²) in [6, 6.07) is 5.20. The van der Waals surface area contributed by atoms with Crippen molar-refractivity contribution in [1.29, 1.82) is 0 Å². The van der Waals surface area contributed by atoms with E-state index in [9.17, 15) is 4.79 Å². The molecule has 0 unspecified atom stereocenters. The van der Waals surface area contributed by atoms with Crippen LogP contribution in [-0.4, -0.2) is 29.1 Å². The standard InChI is InChI=1S/C14H20N2O2/c1-2-4-11-7-9-16(10-8-11)13-6-3-5-12(15-13)14(17)18/h3,5-6,11H,2,4,7-10H2,1H3,(H,17,18). The molecule has 1 aliphatic rings. The van der Waals surface area contributed by atoms with Gasteiger partial charge in [-0.1, -0.05) is 25.8 Å². The fourth-order valence-corrected chi connectivity index (χ4v) is 2.58. The number of aromatic carboxylic acids is 1. The first-order chi connectivity index (χ1) is 8.70. The molecule has 0 amide bonds. The molecule has 4 heteroatoms. The lowest BCUT2D eigenvalue weighted by Crippen LogP contribution is -2.34. The molecule has 1 N–H and O–H groups in total. The van der Waals surface area contributed by atoms with Gasteiger partial charge in [0.05, 0.1) is 0 Å². The Bertz CT molecular complexity index is 412. The molecule has 0 aliphatic carbocycles. The molecule has 0 aromatic carbocycles. The molecule has 2 rings (SSSR count). The van der Waals surface area contributed by atoms with Crippen LogP contribution in [0.25, 0.3) is 0 Å². The second-order valence-corrected chi connectivity index (χ2v) is 4.91. The van der Waals surface area contributed by atoms with Crippen LogP contribution in [0.1, 0.15) is 43.1 Å². The first-order valence-electron chi connectivity index (χ1n) is 6.66. The highest BCUT2D eigenvalue weighted by Gasteiger charge is 2.20. The van der Waals surface area contributed by atoms with Crippen molar-refractivity contribution in [2.24, 2.45) is 5.92 Å². The third-order valence-electron chi connectivity index (χ3n) is 3.59.